The van der Waals surface area contributed by atoms with Crippen molar-refractivity contribution in [3.63, 3.8) is 0 Å². The Morgan fingerprint density at radius 2 is 2.35 bits per heavy atom. The van der Waals surface area contributed by atoms with Gasteiger partial charge in [-0.2, -0.15) is 0 Å². The maximum Gasteiger partial charge on any atom is 0.242 e. The van der Waals surface area contributed by atoms with E-state index in [0.29, 0.717) is 13.0 Å². The van der Waals surface area contributed by atoms with E-state index in [1.165, 1.54) is 0 Å². The Labute approximate surface area is 99.7 Å². The van der Waals surface area contributed by atoms with Crippen molar-refractivity contribution in [2.75, 3.05) is 6.54 Å². The zero-order chi connectivity index (χ0) is 12.3. The SMILES string of the molecule is Cn1ccc(S(=O)(=O)NCCc2cnc[nH]2)c1. The van der Waals surface area contributed by atoms with Crippen molar-refractivity contribution in [1.82, 2.24) is 19.3 Å². The van der Waals surface area contributed by atoms with Crippen LogP contribution in [0.25, 0.3) is 0 Å². The Morgan fingerprint density at radius 1 is 1.53 bits per heavy atom. The van der Waals surface area contributed by atoms with Crippen LogP contribution in [0.1, 0.15) is 5.69 Å². The van der Waals surface area contributed by atoms with Gasteiger partial charge in [-0.1, -0.05) is 0 Å². The molecular weight excluding hydrogens is 240 g/mol. The molecule has 7 heteroatoms. The molecule has 0 saturated heterocycles. The predicted molar refractivity (Wildman–Crippen MR) is 62.9 cm³/mol. The number of H-pyrrole nitrogens is 1. The summed E-state index contributed by atoms with van der Waals surface area (Å²) >= 11 is 0. The summed E-state index contributed by atoms with van der Waals surface area (Å²) in [6.45, 7) is 0.347. The van der Waals surface area contributed by atoms with Crippen LogP contribution in [0.3, 0.4) is 0 Å². The molecule has 17 heavy (non-hydrogen) atoms. The first kappa shape index (κ1) is 11.9. The van der Waals surface area contributed by atoms with Crippen LogP contribution in [0.5, 0.6) is 0 Å². The Bertz CT molecular complexity index is 571. The van der Waals surface area contributed by atoms with Gasteiger partial charge in [-0.25, -0.2) is 18.1 Å². The normalized spacial score (nSPS) is 11.8. The molecule has 0 fully saturated rings. The van der Waals surface area contributed by atoms with Crippen molar-refractivity contribution in [3.8, 4) is 0 Å². The Morgan fingerprint density at radius 3 is 2.94 bits per heavy atom. The van der Waals surface area contributed by atoms with Crippen LogP contribution in [0.15, 0.2) is 35.9 Å². The van der Waals surface area contributed by atoms with E-state index in [-0.39, 0.29) is 4.90 Å². The molecule has 2 aromatic heterocycles. The fourth-order valence-electron chi connectivity index (χ4n) is 1.46. The van der Waals surface area contributed by atoms with E-state index in [0.717, 1.165) is 5.69 Å². The van der Waals surface area contributed by atoms with Gasteiger partial charge in [0.25, 0.3) is 0 Å². The minimum atomic E-state index is -3.40. The van der Waals surface area contributed by atoms with Crippen molar-refractivity contribution in [3.05, 3.63) is 36.7 Å². The lowest BCUT2D eigenvalue weighted by atomic mass is 10.3. The smallest absolute Gasteiger partial charge is 0.242 e. The first-order chi connectivity index (χ1) is 8.08. The molecule has 0 atom stereocenters. The maximum absolute atomic E-state index is 11.8. The van der Waals surface area contributed by atoms with E-state index in [2.05, 4.69) is 14.7 Å². The number of nitrogens with one attached hydrogen (secondary N) is 2. The molecule has 0 aliphatic heterocycles. The Balaban J connectivity index is 1.94. The summed E-state index contributed by atoms with van der Waals surface area (Å²) < 4.78 is 27.9. The zero-order valence-corrected chi connectivity index (χ0v) is 10.2. The average Bonchev–Trinajstić information content (AvgIpc) is 2.89. The van der Waals surface area contributed by atoms with Crippen molar-refractivity contribution in [1.29, 1.82) is 0 Å². The topological polar surface area (TPSA) is 79.8 Å². The van der Waals surface area contributed by atoms with E-state index < -0.39 is 10.0 Å². The third-order valence-corrected chi connectivity index (χ3v) is 3.80. The van der Waals surface area contributed by atoms with Crippen molar-refractivity contribution < 1.29 is 8.42 Å². The fraction of sp³-hybridized carbons (Fsp3) is 0.300. The van der Waals surface area contributed by atoms with Crippen molar-refractivity contribution >= 4 is 10.0 Å². The summed E-state index contributed by atoms with van der Waals surface area (Å²) in [6.07, 6.45) is 7.10. The van der Waals surface area contributed by atoms with Crippen LogP contribution in [0.4, 0.5) is 0 Å². The fourth-order valence-corrected chi connectivity index (χ4v) is 2.54. The average molecular weight is 254 g/mol. The number of sulfonamides is 1. The van der Waals surface area contributed by atoms with Gasteiger partial charge < -0.3 is 9.55 Å². The van der Waals surface area contributed by atoms with E-state index in [1.54, 1.807) is 42.6 Å². The van der Waals surface area contributed by atoms with E-state index in [1.807, 2.05) is 0 Å². The van der Waals surface area contributed by atoms with Crippen molar-refractivity contribution in [2.24, 2.45) is 7.05 Å². The van der Waals surface area contributed by atoms with Crippen molar-refractivity contribution in [2.45, 2.75) is 11.3 Å². The Kier molecular flexibility index (Phi) is 3.30. The van der Waals surface area contributed by atoms with E-state index in [9.17, 15) is 8.42 Å². The summed E-state index contributed by atoms with van der Waals surface area (Å²) in [5, 5.41) is 0. The van der Waals surface area contributed by atoms with Gasteiger partial charge in [0.2, 0.25) is 10.0 Å². The summed E-state index contributed by atoms with van der Waals surface area (Å²) in [7, 11) is -1.62. The molecule has 0 bridgehead atoms. The molecular formula is C10H14N4O2S. The predicted octanol–water partition coefficient (Wildman–Crippen LogP) is 0.269. The third kappa shape index (κ3) is 2.95. The van der Waals surface area contributed by atoms with Crippen LogP contribution >= 0.6 is 0 Å². The van der Waals surface area contributed by atoms with Gasteiger partial charge in [0.1, 0.15) is 0 Å². The molecule has 2 N–H and O–H groups in total. The molecule has 0 unspecified atom stereocenters. The molecule has 0 aromatic carbocycles. The second-order valence-corrected chi connectivity index (χ2v) is 5.50. The molecule has 0 aliphatic rings. The second-order valence-electron chi connectivity index (χ2n) is 3.74. The molecule has 0 saturated carbocycles. The standard InChI is InChI=1S/C10H14N4O2S/c1-14-5-3-10(7-14)17(15,16)13-4-2-9-6-11-8-12-9/h3,5-8,13H,2,4H2,1H3,(H,11,12). The van der Waals surface area contributed by atoms with Crippen LogP contribution in [0.2, 0.25) is 0 Å². The van der Waals surface area contributed by atoms with Gasteiger partial charge in [0, 0.05) is 44.3 Å². The molecule has 6 nitrogen and oxygen atoms in total. The van der Waals surface area contributed by atoms with Gasteiger partial charge in [-0.05, 0) is 6.07 Å². The number of nitrogens with zero attached hydrogens (tertiary/aromatic N) is 2. The molecule has 2 heterocycles. The largest absolute Gasteiger partial charge is 0.356 e. The molecule has 2 aromatic rings. The zero-order valence-electron chi connectivity index (χ0n) is 9.42. The van der Waals surface area contributed by atoms with Gasteiger partial charge >= 0.3 is 0 Å². The summed E-state index contributed by atoms with van der Waals surface area (Å²) in [4.78, 5) is 7.06. The van der Waals surface area contributed by atoms with Crippen LogP contribution < -0.4 is 4.72 Å². The highest BCUT2D eigenvalue weighted by atomic mass is 32.2. The number of rotatable bonds is 5. The molecule has 92 valence electrons. The molecule has 0 radical (unpaired) electrons. The molecule has 0 spiro atoms. The van der Waals surface area contributed by atoms with Gasteiger partial charge in [-0.3, -0.25) is 0 Å². The first-order valence-corrected chi connectivity index (χ1v) is 6.65. The first-order valence-electron chi connectivity index (χ1n) is 5.17. The maximum atomic E-state index is 11.8. The lowest BCUT2D eigenvalue weighted by Gasteiger charge is -2.03. The second kappa shape index (κ2) is 4.72. The summed E-state index contributed by atoms with van der Waals surface area (Å²) in [6, 6.07) is 1.57. The van der Waals surface area contributed by atoms with E-state index in [4.69, 9.17) is 0 Å². The summed E-state index contributed by atoms with van der Waals surface area (Å²) in [5.74, 6) is 0. The highest BCUT2D eigenvalue weighted by Crippen LogP contribution is 2.07. The minimum Gasteiger partial charge on any atom is -0.356 e. The number of aryl methyl sites for hydroxylation is 1. The number of aromatic amines is 1. The Hall–Kier alpha value is -1.60. The summed E-state index contributed by atoms with van der Waals surface area (Å²) in [5.41, 5.74) is 0.903. The number of hydrogen-bond donors (Lipinski definition) is 2. The van der Waals surface area contributed by atoms with Gasteiger partial charge in [0.05, 0.1) is 11.2 Å². The van der Waals surface area contributed by atoms with Crippen LogP contribution in [0, 0.1) is 0 Å². The molecule has 0 amide bonds. The molecule has 0 aliphatic carbocycles. The van der Waals surface area contributed by atoms with Gasteiger partial charge in [-0.15, -0.1) is 0 Å². The van der Waals surface area contributed by atoms with Crippen LogP contribution in [-0.4, -0.2) is 29.5 Å². The quantitative estimate of drug-likeness (QED) is 0.803. The number of imidazole rings is 1. The highest BCUT2D eigenvalue weighted by molar-refractivity contribution is 7.89. The van der Waals surface area contributed by atoms with E-state index >= 15 is 0 Å². The lowest BCUT2D eigenvalue weighted by Crippen LogP contribution is -2.25. The number of aromatic nitrogens is 3. The lowest BCUT2D eigenvalue weighted by molar-refractivity contribution is 0.581. The minimum absolute atomic E-state index is 0.282. The van der Waals surface area contributed by atoms with Crippen LogP contribution in [-0.2, 0) is 23.5 Å². The monoisotopic (exact) mass is 254 g/mol. The number of hydrogen-bond acceptors (Lipinski definition) is 3. The third-order valence-electron chi connectivity index (χ3n) is 2.36. The van der Waals surface area contributed by atoms with Gasteiger partial charge in [0.15, 0.2) is 0 Å². The highest BCUT2D eigenvalue weighted by Gasteiger charge is 2.14. The molecule has 2 rings (SSSR count).